The summed E-state index contributed by atoms with van der Waals surface area (Å²) in [6, 6.07) is 11.4. The Bertz CT molecular complexity index is 762. The number of carbonyl (C=O) groups excluding carboxylic acids is 1. The maximum atomic E-state index is 12.5. The van der Waals surface area contributed by atoms with Crippen LogP contribution in [0.25, 0.3) is 0 Å². The minimum atomic E-state index is -0.0818. The molecule has 1 N–H and O–H groups in total. The molecule has 5 nitrogen and oxygen atoms in total. The first-order chi connectivity index (χ1) is 11.5. The van der Waals surface area contributed by atoms with Gasteiger partial charge in [-0.1, -0.05) is 28.1 Å². The summed E-state index contributed by atoms with van der Waals surface area (Å²) in [5.41, 5.74) is 2.62. The van der Waals surface area contributed by atoms with Crippen molar-refractivity contribution in [1.29, 1.82) is 0 Å². The van der Waals surface area contributed by atoms with Gasteiger partial charge in [0.1, 0.15) is 13.2 Å². The van der Waals surface area contributed by atoms with Crippen LogP contribution in [-0.4, -0.2) is 33.2 Å². The molecule has 0 atom stereocenters. The van der Waals surface area contributed by atoms with E-state index < -0.39 is 0 Å². The highest BCUT2D eigenvalue weighted by Crippen LogP contribution is 2.36. The van der Waals surface area contributed by atoms with Gasteiger partial charge in [0, 0.05) is 18.6 Å². The van der Waals surface area contributed by atoms with Gasteiger partial charge in [-0.2, -0.15) is 0 Å². The van der Waals surface area contributed by atoms with Crippen molar-refractivity contribution in [3.63, 3.8) is 0 Å². The van der Waals surface area contributed by atoms with Gasteiger partial charge in [-0.05, 0) is 29.8 Å². The van der Waals surface area contributed by atoms with Crippen LogP contribution in [0.4, 0.5) is 11.4 Å². The normalized spacial score (nSPS) is 12.6. The molecule has 0 radical (unpaired) electrons. The lowest BCUT2D eigenvalue weighted by Crippen LogP contribution is -2.19. The Morgan fingerprint density at radius 3 is 2.54 bits per heavy atom. The average molecular weight is 391 g/mol. The molecule has 24 heavy (non-hydrogen) atoms. The Morgan fingerprint density at radius 2 is 1.83 bits per heavy atom. The predicted octanol–water partition coefficient (Wildman–Crippen LogP) is 3.47. The molecule has 2 aromatic carbocycles. The van der Waals surface area contributed by atoms with E-state index in [0.717, 1.165) is 21.4 Å². The second-order valence-electron chi connectivity index (χ2n) is 5.72. The van der Waals surface area contributed by atoms with Crippen LogP contribution in [0.2, 0.25) is 0 Å². The molecule has 0 saturated carbocycles. The minimum Gasteiger partial charge on any atom is -0.486 e. The number of halogens is 1. The first-order valence-electron chi connectivity index (χ1n) is 7.69. The highest BCUT2D eigenvalue weighted by molar-refractivity contribution is 9.10. The van der Waals surface area contributed by atoms with Gasteiger partial charge >= 0.3 is 0 Å². The first-order valence-corrected chi connectivity index (χ1v) is 8.48. The smallest absolute Gasteiger partial charge is 0.228 e. The lowest BCUT2D eigenvalue weighted by Gasteiger charge is -2.20. The number of rotatable bonds is 4. The summed E-state index contributed by atoms with van der Waals surface area (Å²) >= 11 is 3.50. The number of anilines is 2. The summed E-state index contributed by atoms with van der Waals surface area (Å²) in [6.07, 6.45) is 0.249. The van der Waals surface area contributed by atoms with E-state index in [4.69, 9.17) is 9.47 Å². The van der Waals surface area contributed by atoms with Gasteiger partial charge in [0.25, 0.3) is 0 Å². The maximum absolute atomic E-state index is 12.5. The van der Waals surface area contributed by atoms with Gasteiger partial charge in [-0.25, -0.2) is 0 Å². The van der Waals surface area contributed by atoms with Crippen LogP contribution in [0.5, 0.6) is 11.5 Å². The number of para-hydroxylation sites is 2. The van der Waals surface area contributed by atoms with Gasteiger partial charge in [0.05, 0.1) is 17.8 Å². The molecule has 6 heteroatoms. The number of hydrogen-bond acceptors (Lipinski definition) is 4. The van der Waals surface area contributed by atoms with Crippen LogP contribution < -0.4 is 19.7 Å². The molecule has 0 aromatic heterocycles. The quantitative estimate of drug-likeness (QED) is 0.868. The highest BCUT2D eigenvalue weighted by Gasteiger charge is 2.17. The Labute approximate surface area is 149 Å². The topological polar surface area (TPSA) is 50.8 Å². The summed E-state index contributed by atoms with van der Waals surface area (Å²) in [4.78, 5) is 14.4. The minimum absolute atomic E-state index is 0.0818. The van der Waals surface area contributed by atoms with Crippen LogP contribution in [-0.2, 0) is 11.2 Å². The Kier molecular flexibility index (Phi) is 4.94. The zero-order valence-electron chi connectivity index (χ0n) is 13.6. The number of fused-ring (bicyclic) bond motifs is 1. The van der Waals surface area contributed by atoms with E-state index in [1.807, 2.05) is 55.4 Å². The molecule has 126 valence electrons. The fraction of sp³-hybridized carbons (Fsp3) is 0.278. The van der Waals surface area contributed by atoms with Crippen LogP contribution in [0.3, 0.4) is 0 Å². The molecule has 0 unspecified atom stereocenters. The van der Waals surface area contributed by atoms with Crippen molar-refractivity contribution in [2.24, 2.45) is 0 Å². The molecule has 2 aromatic rings. The molecule has 0 saturated heterocycles. The fourth-order valence-electron chi connectivity index (χ4n) is 2.58. The van der Waals surface area contributed by atoms with Gasteiger partial charge < -0.3 is 19.7 Å². The lowest BCUT2D eigenvalue weighted by atomic mass is 10.1. The maximum Gasteiger partial charge on any atom is 0.228 e. The van der Waals surface area contributed by atoms with E-state index in [-0.39, 0.29) is 12.3 Å². The first kappa shape index (κ1) is 16.6. The highest BCUT2D eigenvalue weighted by atomic mass is 79.9. The molecule has 1 aliphatic rings. The molecule has 3 rings (SSSR count). The van der Waals surface area contributed by atoms with E-state index >= 15 is 0 Å². The monoisotopic (exact) mass is 390 g/mol. The van der Waals surface area contributed by atoms with Gasteiger partial charge in [-0.15, -0.1) is 0 Å². The third-order valence-electron chi connectivity index (χ3n) is 3.72. The van der Waals surface area contributed by atoms with Crippen LogP contribution in [0, 0.1) is 0 Å². The van der Waals surface area contributed by atoms with E-state index in [9.17, 15) is 4.79 Å². The fourth-order valence-corrected chi connectivity index (χ4v) is 3.04. The lowest BCUT2D eigenvalue weighted by molar-refractivity contribution is -0.115. The standard InChI is InChI=1S/C18H19BrN2O3/c1-21(2)15-6-4-3-5-14(15)20-18(22)10-12-9-16-17(11-13(12)19)24-8-7-23-16/h3-6,9,11H,7-8,10H2,1-2H3,(H,20,22). The van der Waals surface area contributed by atoms with Crippen molar-refractivity contribution in [3.05, 3.63) is 46.4 Å². The van der Waals surface area contributed by atoms with E-state index in [0.29, 0.717) is 24.7 Å². The largest absolute Gasteiger partial charge is 0.486 e. The van der Waals surface area contributed by atoms with Crippen molar-refractivity contribution in [1.82, 2.24) is 0 Å². The average Bonchev–Trinajstić information content (AvgIpc) is 2.55. The van der Waals surface area contributed by atoms with E-state index in [1.54, 1.807) is 0 Å². The molecular weight excluding hydrogens is 372 g/mol. The molecule has 0 bridgehead atoms. The molecular formula is C18H19BrN2O3. The Morgan fingerprint density at radius 1 is 1.17 bits per heavy atom. The number of amides is 1. The molecule has 0 aliphatic carbocycles. The van der Waals surface area contributed by atoms with Gasteiger partial charge in [0.2, 0.25) is 5.91 Å². The van der Waals surface area contributed by atoms with Crippen molar-refractivity contribution >= 4 is 33.2 Å². The van der Waals surface area contributed by atoms with Crippen LogP contribution in [0.15, 0.2) is 40.9 Å². The van der Waals surface area contributed by atoms with Gasteiger partial charge in [0.15, 0.2) is 11.5 Å². The summed E-state index contributed by atoms with van der Waals surface area (Å²) in [7, 11) is 3.89. The summed E-state index contributed by atoms with van der Waals surface area (Å²) in [5.74, 6) is 1.30. The summed E-state index contributed by atoms with van der Waals surface area (Å²) in [6.45, 7) is 1.07. The number of nitrogens with zero attached hydrogens (tertiary/aromatic N) is 1. The third kappa shape index (κ3) is 3.64. The van der Waals surface area contributed by atoms with Crippen molar-refractivity contribution in [2.45, 2.75) is 6.42 Å². The SMILES string of the molecule is CN(C)c1ccccc1NC(=O)Cc1cc2c(cc1Br)OCCO2. The Hall–Kier alpha value is -2.21. The molecule has 0 spiro atoms. The number of ether oxygens (including phenoxy) is 2. The number of nitrogens with one attached hydrogen (secondary N) is 1. The van der Waals surface area contributed by atoms with E-state index in [2.05, 4.69) is 21.2 Å². The molecule has 1 heterocycles. The van der Waals surface area contributed by atoms with Crippen LogP contribution in [0.1, 0.15) is 5.56 Å². The van der Waals surface area contributed by atoms with Crippen molar-refractivity contribution in [3.8, 4) is 11.5 Å². The number of hydrogen-bond donors (Lipinski definition) is 1. The van der Waals surface area contributed by atoms with Crippen molar-refractivity contribution < 1.29 is 14.3 Å². The molecule has 1 aliphatic heterocycles. The zero-order valence-corrected chi connectivity index (χ0v) is 15.2. The third-order valence-corrected chi connectivity index (χ3v) is 4.46. The Balaban J connectivity index is 1.76. The van der Waals surface area contributed by atoms with Gasteiger partial charge in [-0.3, -0.25) is 4.79 Å². The van der Waals surface area contributed by atoms with Crippen LogP contribution >= 0.6 is 15.9 Å². The second-order valence-corrected chi connectivity index (χ2v) is 6.58. The summed E-state index contributed by atoms with van der Waals surface area (Å²) in [5, 5.41) is 2.97. The summed E-state index contributed by atoms with van der Waals surface area (Å²) < 4.78 is 12.0. The van der Waals surface area contributed by atoms with Crippen molar-refractivity contribution in [2.75, 3.05) is 37.5 Å². The number of carbonyl (C=O) groups is 1. The molecule has 1 amide bonds. The predicted molar refractivity (Wildman–Crippen MR) is 98.2 cm³/mol. The number of benzene rings is 2. The molecule has 0 fully saturated rings. The zero-order chi connectivity index (χ0) is 17.1. The van der Waals surface area contributed by atoms with E-state index in [1.165, 1.54) is 0 Å². The second kappa shape index (κ2) is 7.13.